The fraction of sp³-hybridized carbons (Fsp3) is 0.267. The van der Waals surface area contributed by atoms with Gasteiger partial charge in [0.05, 0.1) is 16.2 Å². The summed E-state index contributed by atoms with van der Waals surface area (Å²) in [5, 5.41) is 10.6. The van der Waals surface area contributed by atoms with Crippen LogP contribution in [0.5, 0.6) is 0 Å². The van der Waals surface area contributed by atoms with Crippen LogP contribution in [0.15, 0.2) is 36.8 Å². The Morgan fingerprint density at radius 1 is 1.36 bits per heavy atom. The van der Waals surface area contributed by atoms with E-state index in [4.69, 9.17) is 4.74 Å². The second-order valence-electron chi connectivity index (χ2n) is 5.20. The predicted molar refractivity (Wildman–Crippen MR) is 76.3 cm³/mol. The Balaban J connectivity index is 1.76. The highest BCUT2D eigenvalue weighted by Gasteiger charge is 2.32. The van der Waals surface area contributed by atoms with Gasteiger partial charge in [0.2, 0.25) is 0 Å². The molecule has 0 spiro atoms. The van der Waals surface area contributed by atoms with Crippen LogP contribution < -0.4 is 0 Å². The molecule has 3 rings (SSSR count). The number of fused-ring (bicyclic) bond motifs is 1. The number of nitrogens with zero attached hydrogens (tertiary/aromatic N) is 3. The monoisotopic (exact) mass is 299 g/mol. The van der Waals surface area contributed by atoms with Gasteiger partial charge in [0.15, 0.2) is 0 Å². The summed E-state index contributed by atoms with van der Waals surface area (Å²) in [6.07, 6.45) is 3.43. The van der Waals surface area contributed by atoms with Crippen LogP contribution in [-0.2, 0) is 4.74 Å². The Hall–Kier alpha value is -2.83. The molecule has 1 aliphatic carbocycles. The van der Waals surface area contributed by atoms with Gasteiger partial charge >= 0.3 is 5.97 Å². The van der Waals surface area contributed by atoms with Gasteiger partial charge in [-0.3, -0.25) is 10.1 Å². The molecule has 0 bridgehead atoms. The maximum Gasteiger partial charge on any atom is 0.338 e. The summed E-state index contributed by atoms with van der Waals surface area (Å²) in [5.74, 6) is -0.288. The van der Waals surface area contributed by atoms with E-state index in [0.29, 0.717) is 6.42 Å². The molecule has 1 aromatic heterocycles. The van der Waals surface area contributed by atoms with Crippen molar-refractivity contribution < 1.29 is 14.5 Å². The Morgan fingerprint density at radius 2 is 2.09 bits per heavy atom. The minimum Gasteiger partial charge on any atom is -0.452 e. The standard InChI is InChI=1S/C15H13N3O4/c1-9-6-13(14-12(9)7-16-8-17-14)22-15(19)10-2-4-11(5-3-10)18(20)21/h2-5,7-9,13H,6H2,1H3. The molecule has 1 heterocycles. The number of carbonyl (C=O) groups is 1. The van der Waals surface area contributed by atoms with Crippen LogP contribution in [0.2, 0.25) is 0 Å². The number of aromatic nitrogens is 2. The molecule has 0 saturated carbocycles. The summed E-state index contributed by atoms with van der Waals surface area (Å²) in [7, 11) is 0. The Bertz CT molecular complexity index is 730. The van der Waals surface area contributed by atoms with Gasteiger partial charge in [-0.15, -0.1) is 0 Å². The molecule has 112 valence electrons. The Labute approximate surface area is 126 Å². The molecule has 7 heteroatoms. The van der Waals surface area contributed by atoms with E-state index in [2.05, 4.69) is 9.97 Å². The molecule has 2 aromatic rings. The predicted octanol–water partition coefficient (Wildman–Crippen LogP) is 2.79. The maximum atomic E-state index is 12.2. The van der Waals surface area contributed by atoms with E-state index >= 15 is 0 Å². The van der Waals surface area contributed by atoms with E-state index in [1.54, 1.807) is 6.20 Å². The number of hydrogen-bond acceptors (Lipinski definition) is 6. The van der Waals surface area contributed by atoms with Gasteiger partial charge in [0, 0.05) is 18.3 Å². The number of carbonyl (C=O) groups excluding carboxylic acids is 1. The van der Waals surface area contributed by atoms with Crippen LogP contribution in [0.4, 0.5) is 5.69 Å². The normalized spacial score (nSPS) is 19.5. The third-order valence-electron chi connectivity index (χ3n) is 3.74. The van der Waals surface area contributed by atoms with Crippen LogP contribution in [0.1, 0.15) is 47.0 Å². The number of nitro groups is 1. The highest BCUT2D eigenvalue weighted by atomic mass is 16.6. The largest absolute Gasteiger partial charge is 0.452 e. The maximum absolute atomic E-state index is 12.2. The van der Waals surface area contributed by atoms with E-state index in [-0.39, 0.29) is 17.2 Å². The molecule has 2 atom stereocenters. The summed E-state index contributed by atoms with van der Waals surface area (Å²) >= 11 is 0. The average molecular weight is 299 g/mol. The lowest BCUT2D eigenvalue weighted by Crippen LogP contribution is -2.10. The molecule has 22 heavy (non-hydrogen) atoms. The van der Waals surface area contributed by atoms with Crippen molar-refractivity contribution in [2.24, 2.45) is 0 Å². The van der Waals surface area contributed by atoms with Crippen LogP contribution in [0.3, 0.4) is 0 Å². The number of nitro benzene ring substituents is 1. The van der Waals surface area contributed by atoms with Crippen LogP contribution in [0.25, 0.3) is 0 Å². The zero-order valence-electron chi connectivity index (χ0n) is 11.8. The van der Waals surface area contributed by atoms with Gasteiger partial charge in [-0.2, -0.15) is 0 Å². The van der Waals surface area contributed by atoms with E-state index in [1.165, 1.54) is 30.6 Å². The molecule has 0 fully saturated rings. The van der Waals surface area contributed by atoms with Crippen molar-refractivity contribution in [2.75, 3.05) is 0 Å². The van der Waals surface area contributed by atoms with Gasteiger partial charge in [-0.05, 0) is 30.0 Å². The SMILES string of the molecule is CC1CC(OC(=O)c2ccc([N+](=O)[O-])cc2)c2ncncc21. The Morgan fingerprint density at radius 3 is 2.77 bits per heavy atom. The molecule has 1 aliphatic rings. The lowest BCUT2D eigenvalue weighted by atomic mass is 10.1. The number of esters is 1. The van der Waals surface area contributed by atoms with Crippen molar-refractivity contribution in [3.05, 3.63) is 63.7 Å². The molecule has 0 N–H and O–H groups in total. The molecule has 0 aliphatic heterocycles. The van der Waals surface area contributed by atoms with Gasteiger partial charge in [-0.25, -0.2) is 14.8 Å². The van der Waals surface area contributed by atoms with Gasteiger partial charge in [0.25, 0.3) is 5.69 Å². The molecular weight excluding hydrogens is 286 g/mol. The fourth-order valence-electron chi connectivity index (χ4n) is 2.58. The Kier molecular flexibility index (Phi) is 3.54. The van der Waals surface area contributed by atoms with Crippen molar-refractivity contribution in [1.29, 1.82) is 0 Å². The molecule has 0 amide bonds. The van der Waals surface area contributed by atoms with Crippen LogP contribution in [0, 0.1) is 10.1 Å². The van der Waals surface area contributed by atoms with E-state index in [1.807, 2.05) is 6.92 Å². The highest BCUT2D eigenvalue weighted by molar-refractivity contribution is 5.89. The molecule has 0 saturated heterocycles. The minimum atomic E-state index is -0.515. The molecule has 7 nitrogen and oxygen atoms in total. The third-order valence-corrected chi connectivity index (χ3v) is 3.74. The first-order chi connectivity index (χ1) is 10.6. The van der Waals surface area contributed by atoms with Crippen molar-refractivity contribution in [1.82, 2.24) is 9.97 Å². The van der Waals surface area contributed by atoms with E-state index < -0.39 is 17.0 Å². The second-order valence-corrected chi connectivity index (χ2v) is 5.20. The van der Waals surface area contributed by atoms with E-state index in [9.17, 15) is 14.9 Å². The van der Waals surface area contributed by atoms with Crippen molar-refractivity contribution in [3.8, 4) is 0 Å². The first kappa shape index (κ1) is 14.1. The first-order valence-corrected chi connectivity index (χ1v) is 6.81. The molecule has 1 aromatic carbocycles. The summed E-state index contributed by atoms with van der Waals surface area (Å²) in [6, 6.07) is 5.34. The molecule has 2 unspecified atom stereocenters. The topological polar surface area (TPSA) is 95.2 Å². The van der Waals surface area contributed by atoms with Crippen LogP contribution in [-0.4, -0.2) is 20.9 Å². The minimum absolute atomic E-state index is 0.0656. The number of rotatable bonds is 3. The lowest BCUT2D eigenvalue weighted by Gasteiger charge is -2.12. The first-order valence-electron chi connectivity index (χ1n) is 6.81. The zero-order chi connectivity index (χ0) is 15.7. The van der Waals surface area contributed by atoms with Gasteiger partial charge in [0.1, 0.15) is 12.4 Å². The van der Waals surface area contributed by atoms with Gasteiger partial charge in [-0.1, -0.05) is 6.92 Å². The average Bonchev–Trinajstić information content (AvgIpc) is 2.84. The van der Waals surface area contributed by atoms with E-state index in [0.717, 1.165) is 11.3 Å². The highest BCUT2D eigenvalue weighted by Crippen LogP contribution is 2.40. The number of hydrogen-bond donors (Lipinski definition) is 0. The lowest BCUT2D eigenvalue weighted by molar-refractivity contribution is -0.384. The van der Waals surface area contributed by atoms with Crippen molar-refractivity contribution in [2.45, 2.75) is 25.4 Å². The van der Waals surface area contributed by atoms with Crippen molar-refractivity contribution in [3.63, 3.8) is 0 Å². The van der Waals surface area contributed by atoms with Crippen molar-refractivity contribution >= 4 is 11.7 Å². The number of ether oxygens (including phenoxy) is 1. The summed E-state index contributed by atoms with van der Waals surface area (Å²) in [6.45, 7) is 2.03. The fourth-order valence-corrected chi connectivity index (χ4v) is 2.58. The molecular formula is C15H13N3O4. The summed E-state index contributed by atoms with van der Waals surface area (Å²) in [5.41, 5.74) is 1.94. The molecule has 0 radical (unpaired) electrons. The van der Waals surface area contributed by atoms with Crippen LogP contribution >= 0.6 is 0 Å². The van der Waals surface area contributed by atoms with Gasteiger partial charge < -0.3 is 4.74 Å². The number of benzene rings is 1. The summed E-state index contributed by atoms with van der Waals surface area (Å²) in [4.78, 5) is 30.4. The third kappa shape index (κ3) is 2.52. The second kappa shape index (κ2) is 5.51. The quantitative estimate of drug-likeness (QED) is 0.491. The smallest absolute Gasteiger partial charge is 0.338 e. The summed E-state index contributed by atoms with van der Waals surface area (Å²) < 4.78 is 5.50. The zero-order valence-corrected chi connectivity index (χ0v) is 11.8. The number of non-ortho nitro benzene ring substituents is 1.